The second-order valence-electron chi connectivity index (χ2n) is 5.15. The van der Waals surface area contributed by atoms with E-state index in [0.717, 1.165) is 0 Å². The number of ether oxygens (including phenoxy) is 3. The molecule has 0 spiro atoms. The number of methoxy groups -OCH3 is 2. The fraction of sp³-hybridized carbons (Fsp3) is 0.235. The molecule has 0 unspecified atom stereocenters. The number of phenolic OH excluding ortho intramolecular Hbond substituents is 2. The van der Waals surface area contributed by atoms with E-state index in [2.05, 4.69) is 0 Å². The van der Waals surface area contributed by atoms with Gasteiger partial charge in [-0.05, 0) is 17.7 Å². The molecule has 0 saturated heterocycles. The molecular formula is C17H16O6. The van der Waals surface area contributed by atoms with Gasteiger partial charge in [0.25, 0.3) is 0 Å². The maximum absolute atomic E-state index is 12.8. The minimum atomic E-state index is -0.563. The van der Waals surface area contributed by atoms with E-state index in [-0.39, 0.29) is 41.0 Å². The van der Waals surface area contributed by atoms with E-state index >= 15 is 0 Å². The van der Waals surface area contributed by atoms with Gasteiger partial charge < -0.3 is 24.4 Å². The molecule has 1 heterocycles. The summed E-state index contributed by atoms with van der Waals surface area (Å²) < 4.78 is 15.9. The number of ketones is 1. The molecule has 1 aliphatic rings. The molecule has 23 heavy (non-hydrogen) atoms. The molecule has 6 nitrogen and oxygen atoms in total. The third kappa shape index (κ3) is 2.42. The van der Waals surface area contributed by atoms with Crippen molar-refractivity contribution in [1.29, 1.82) is 0 Å². The largest absolute Gasteiger partial charge is 0.508 e. The molecule has 2 N–H and O–H groups in total. The summed E-state index contributed by atoms with van der Waals surface area (Å²) >= 11 is 0. The fourth-order valence-electron chi connectivity index (χ4n) is 2.68. The smallest absolute Gasteiger partial charge is 0.204 e. The van der Waals surface area contributed by atoms with Crippen molar-refractivity contribution in [3.05, 3.63) is 41.5 Å². The number of carbonyl (C=O) groups is 1. The van der Waals surface area contributed by atoms with E-state index in [1.165, 1.54) is 32.4 Å². The van der Waals surface area contributed by atoms with E-state index < -0.39 is 5.92 Å². The number of phenols is 2. The Kier molecular flexibility index (Phi) is 3.73. The first-order valence-corrected chi connectivity index (χ1v) is 7.00. The molecule has 2 aromatic carbocycles. The summed E-state index contributed by atoms with van der Waals surface area (Å²) in [5.41, 5.74) is 0.777. The Morgan fingerprint density at radius 3 is 2.43 bits per heavy atom. The zero-order valence-electron chi connectivity index (χ0n) is 12.7. The zero-order valence-corrected chi connectivity index (χ0v) is 12.7. The predicted octanol–water partition coefficient (Wildman–Crippen LogP) is 2.47. The van der Waals surface area contributed by atoms with Gasteiger partial charge in [-0.2, -0.15) is 0 Å². The van der Waals surface area contributed by atoms with Crippen LogP contribution in [0.1, 0.15) is 21.8 Å². The summed E-state index contributed by atoms with van der Waals surface area (Å²) in [5.74, 6) is -0.361. The van der Waals surface area contributed by atoms with Crippen LogP contribution in [0.25, 0.3) is 0 Å². The quantitative estimate of drug-likeness (QED) is 0.905. The third-order valence-electron chi connectivity index (χ3n) is 3.87. The molecule has 1 aliphatic heterocycles. The first-order valence-electron chi connectivity index (χ1n) is 7.00. The van der Waals surface area contributed by atoms with Gasteiger partial charge in [-0.3, -0.25) is 4.79 Å². The second kappa shape index (κ2) is 5.72. The Balaban J connectivity index is 2.07. The summed E-state index contributed by atoms with van der Waals surface area (Å²) in [6.07, 6.45) is 0. The highest BCUT2D eigenvalue weighted by Crippen LogP contribution is 2.47. The van der Waals surface area contributed by atoms with Gasteiger partial charge in [-0.15, -0.1) is 0 Å². The molecule has 0 radical (unpaired) electrons. The average molecular weight is 316 g/mol. The van der Waals surface area contributed by atoms with Crippen molar-refractivity contribution in [2.75, 3.05) is 20.8 Å². The van der Waals surface area contributed by atoms with Crippen molar-refractivity contribution in [3.63, 3.8) is 0 Å². The van der Waals surface area contributed by atoms with Crippen molar-refractivity contribution in [2.24, 2.45) is 0 Å². The van der Waals surface area contributed by atoms with E-state index in [1.807, 2.05) is 0 Å². The molecule has 2 aromatic rings. The lowest BCUT2D eigenvalue weighted by atomic mass is 9.88. The van der Waals surface area contributed by atoms with E-state index in [0.29, 0.717) is 11.3 Å². The minimum Gasteiger partial charge on any atom is -0.508 e. The van der Waals surface area contributed by atoms with E-state index in [4.69, 9.17) is 14.2 Å². The van der Waals surface area contributed by atoms with Crippen LogP contribution in [0.5, 0.6) is 28.7 Å². The first kappa shape index (κ1) is 15.0. The Bertz CT molecular complexity index is 751. The molecule has 0 amide bonds. The van der Waals surface area contributed by atoms with Crippen LogP contribution < -0.4 is 14.2 Å². The fourth-order valence-corrected chi connectivity index (χ4v) is 2.68. The number of aromatic hydroxyl groups is 2. The van der Waals surface area contributed by atoms with Crippen LogP contribution in [-0.4, -0.2) is 36.8 Å². The van der Waals surface area contributed by atoms with E-state index in [9.17, 15) is 15.0 Å². The monoisotopic (exact) mass is 316 g/mol. The third-order valence-corrected chi connectivity index (χ3v) is 3.87. The van der Waals surface area contributed by atoms with Gasteiger partial charge >= 0.3 is 0 Å². The van der Waals surface area contributed by atoms with Crippen LogP contribution in [0.4, 0.5) is 0 Å². The zero-order chi connectivity index (χ0) is 16.6. The number of Topliss-reactive ketones (excluding diaryl/α,β-unsaturated/α-hetero) is 1. The normalized spacial score (nSPS) is 16.4. The summed E-state index contributed by atoms with van der Waals surface area (Å²) in [6.45, 7) is 0.144. The van der Waals surface area contributed by atoms with Gasteiger partial charge in [0.2, 0.25) is 5.75 Å². The van der Waals surface area contributed by atoms with Crippen molar-refractivity contribution >= 4 is 5.78 Å². The molecule has 3 rings (SSSR count). The molecule has 1 atom stereocenters. The van der Waals surface area contributed by atoms with Gasteiger partial charge in [-0.1, -0.05) is 12.1 Å². The maximum Gasteiger partial charge on any atom is 0.204 e. The number of hydrogen-bond donors (Lipinski definition) is 2. The number of benzene rings is 2. The van der Waals surface area contributed by atoms with Crippen molar-refractivity contribution in [1.82, 2.24) is 0 Å². The van der Waals surface area contributed by atoms with Crippen LogP contribution in [0.3, 0.4) is 0 Å². The molecule has 0 bridgehead atoms. The number of hydrogen-bond acceptors (Lipinski definition) is 6. The number of rotatable bonds is 3. The Labute approximate surface area is 132 Å². The summed E-state index contributed by atoms with van der Waals surface area (Å²) in [4.78, 5) is 12.8. The van der Waals surface area contributed by atoms with Crippen LogP contribution >= 0.6 is 0 Å². The van der Waals surface area contributed by atoms with Crippen LogP contribution in [0.15, 0.2) is 30.3 Å². The van der Waals surface area contributed by atoms with Crippen molar-refractivity contribution in [2.45, 2.75) is 5.92 Å². The predicted molar refractivity (Wildman–Crippen MR) is 81.9 cm³/mol. The highest BCUT2D eigenvalue weighted by Gasteiger charge is 2.35. The minimum absolute atomic E-state index is 0.0759. The van der Waals surface area contributed by atoms with E-state index in [1.54, 1.807) is 12.1 Å². The summed E-state index contributed by atoms with van der Waals surface area (Å²) in [7, 11) is 2.82. The molecule has 0 saturated carbocycles. The molecule has 0 aliphatic carbocycles. The molecule has 6 heteroatoms. The summed E-state index contributed by atoms with van der Waals surface area (Å²) in [6, 6.07) is 7.85. The summed E-state index contributed by atoms with van der Waals surface area (Å²) in [5, 5.41) is 19.7. The van der Waals surface area contributed by atoms with Crippen LogP contribution in [0.2, 0.25) is 0 Å². The van der Waals surface area contributed by atoms with Crippen LogP contribution in [0, 0.1) is 0 Å². The van der Waals surface area contributed by atoms with Gasteiger partial charge in [-0.25, -0.2) is 0 Å². The Morgan fingerprint density at radius 2 is 1.83 bits per heavy atom. The SMILES string of the molecule is COc1cc2c(c(O)c1OC)C(=O)[C@@H](c1ccc(O)cc1)CO2. The lowest BCUT2D eigenvalue weighted by Gasteiger charge is -2.26. The maximum atomic E-state index is 12.8. The standard InChI is InChI=1S/C17H16O6/c1-21-13-7-12-14(16(20)17(13)22-2)15(19)11(8-23-12)9-3-5-10(18)6-4-9/h3-7,11,18,20H,8H2,1-2H3/t11-/m1/s1. The Hall–Kier alpha value is -2.89. The highest BCUT2D eigenvalue weighted by atomic mass is 16.5. The first-order chi connectivity index (χ1) is 11.1. The molecule has 120 valence electrons. The molecular weight excluding hydrogens is 300 g/mol. The second-order valence-corrected chi connectivity index (χ2v) is 5.15. The lowest BCUT2D eigenvalue weighted by molar-refractivity contribution is 0.0890. The van der Waals surface area contributed by atoms with Crippen LogP contribution in [-0.2, 0) is 0 Å². The van der Waals surface area contributed by atoms with Gasteiger partial charge in [0.15, 0.2) is 17.3 Å². The average Bonchev–Trinajstić information content (AvgIpc) is 2.55. The van der Waals surface area contributed by atoms with Gasteiger partial charge in [0, 0.05) is 6.07 Å². The highest BCUT2D eigenvalue weighted by molar-refractivity contribution is 6.07. The van der Waals surface area contributed by atoms with Crippen molar-refractivity contribution < 1.29 is 29.2 Å². The lowest BCUT2D eigenvalue weighted by Crippen LogP contribution is -2.26. The van der Waals surface area contributed by atoms with Gasteiger partial charge in [0.05, 0.1) is 20.1 Å². The Morgan fingerprint density at radius 1 is 1.13 bits per heavy atom. The van der Waals surface area contributed by atoms with Crippen molar-refractivity contribution in [3.8, 4) is 28.7 Å². The number of fused-ring (bicyclic) bond motifs is 1. The molecule has 0 aromatic heterocycles. The van der Waals surface area contributed by atoms with Gasteiger partial charge in [0.1, 0.15) is 23.7 Å². The number of carbonyl (C=O) groups excluding carboxylic acids is 1. The topological polar surface area (TPSA) is 85.2 Å². The molecule has 0 fully saturated rings.